The summed E-state index contributed by atoms with van der Waals surface area (Å²) >= 11 is 7.20. The van der Waals surface area contributed by atoms with E-state index in [4.69, 9.17) is 16.3 Å². The van der Waals surface area contributed by atoms with Crippen molar-refractivity contribution >= 4 is 22.9 Å². The van der Waals surface area contributed by atoms with Crippen LogP contribution < -0.4 is 0 Å². The van der Waals surface area contributed by atoms with Crippen LogP contribution in [0.3, 0.4) is 0 Å². The van der Waals surface area contributed by atoms with E-state index in [1.54, 1.807) is 0 Å². The molecule has 2 aromatic rings. The minimum absolute atomic E-state index is 0.149. The van der Waals surface area contributed by atoms with Crippen LogP contribution in [0, 0.1) is 0 Å². The number of thiazole rings is 1. The highest BCUT2D eigenvalue weighted by atomic mass is 35.5. The van der Waals surface area contributed by atoms with Gasteiger partial charge in [-0.2, -0.15) is 0 Å². The Kier molecular flexibility index (Phi) is 5.24. The van der Waals surface area contributed by atoms with Crippen molar-refractivity contribution in [3.05, 3.63) is 40.9 Å². The van der Waals surface area contributed by atoms with Crippen LogP contribution in [0.25, 0.3) is 10.6 Å². The summed E-state index contributed by atoms with van der Waals surface area (Å²) in [6.45, 7) is -0.407. The van der Waals surface area contributed by atoms with E-state index in [0.29, 0.717) is 5.88 Å². The average Bonchev–Trinajstić information content (AvgIpc) is 2.87. The SMILES string of the molecule is FC(F)COCc1ccccc1-c1nc(CCl)cs1. The first kappa shape index (κ1) is 14.4. The van der Waals surface area contributed by atoms with Crippen LogP contribution >= 0.6 is 22.9 Å². The molecule has 2 nitrogen and oxygen atoms in total. The Bertz CT molecular complexity index is 533. The van der Waals surface area contributed by atoms with Gasteiger partial charge in [0.1, 0.15) is 11.6 Å². The molecule has 0 unspecified atom stereocenters. The van der Waals surface area contributed by atoms with Crippen LogP contribution in [0.4, 0.5) is 8.78 Å². The summed E-state index contributed by atoms with van der Waals surface area (Å²) in [6, 6.07) is 7.48. The van der Waals surface area contributed by atoms with E-state index < -0.39 is 13.0 Å². The van der Waals surface area contributed by atoms with Gasteiger partial charge in [-0.3, -0.25) is 0 Å². The zero-order valence-corrected chi connectivity index (χ0v) is 11.6. The first-order chi connectivity index (χ1) is 9.20. The van der Waals surface area contributed by atoms with Gasteiger partial charge in [-0.25, -0.2) is 13.8 Å². The van der Waals surface area contributed by atoms with Crippen LogP contribution in [-0.4, -0.2) is 18.0 Å². The fourth-order valence-electron chi connectivity index (χ4n) is 1.60. The van der Waals surface area contributed by atoms with Gasteiger partial charge in [-0.15, -0.1) is 22.9 Å². The molecule has 1 aromatic carbocycles. The minimum Gasteiger partial charge on any atom is -0.371 e. The smallest absolute Gasteiger partial charge is 0.261 e. The van der Waals surface area contributed by atoms with Gasteiger partial charge in [0.25, 0.3) is 6.43 Å². The third kappa shape index (κ3) is 3.96. The average molecular weight is 304 g/mol. The fraction of sp³-hybridized carbons (Fsp3) is 0.308. The van der Waals surface area contributed by atoms with Gasteiger partial charge in [0, 0.05) is 10.9 Å². The van der Waals surface area contributed by atoms with Crippen molar-refractivity contribution in [2.24, 2.45) is 0 Å². The molecule has 0 aliphatic rings. The molecule has 1 heterocycles. The van der Waals surface area contributed by atoms with Gasteiger partial charge in [0.15, 0.2) is 0 Å². The van der Waals surface area contributed by atoms with E-state index in [1.807, 2.05) is 29.6 Å². The molecule has 6 heteroatoms. The number of ether oxygens (including phenoxy) is 1. The largest absolute Gasteiger partial charge is 0.371 e. The zero-order valence-electron chi connectivity index (χ0n) is 9.98. The molecule has 0 saturated carbocycles. The third-order valence-electron chi connectivity index (χ3n) is 2.44. The molecule has 0 aliphatic carbocycles. The molecule has 1 aromatic heterocycles. The maximum Gasteiger partial charge on any atom is 0.261 e. The topological polar surface area (TPSA) is 22.1 Å². The Hall–Kier alpha value is -1.04. The molecular weight excluding hydrogens is 292 g/mol. The molecular formula is C13H12ClF2NOS. The number of hydrogen-bond acceptors (Lipinski definition) is 3. The van der Waals surface area contributed by atoms with E-state index >= 15 is 0 Å². The quantitative estimate of drug-likeness (QED) is 0.741. The van der Waals surface area contributed by atoms with Crippen molar-refractivity contribution in [1.29, 1.82) is 0 Å². The van der Waals surface area contributed by atoms with Crippen molar-refractivity contribution in [3.63, 3.8) is 0 Å². The fourth-order valence-corrected chi connectivity index (χ4v) is 2.71. The number of rotatable bonds is 6. The van der Waals surface area contributed by atoms with E-state index in [1.165, 1.54) is 11.3 Å². The Morgan fingerprint density at radius 1 is 1.32 bits per heavy atom. The second kappa shape index (κ2) is 6.93. The molecule has 102 valence electrons. The van der Waals surface area contributed by atoms with Crippen LogP contribution in [0.1, 0.15) is 11.3 Å². The number of aromatic nitrogens is 1. The van der Waals surface area contributed by atoms with Crippen LogP contribution in [0.15, 0.2) is 29.6 Å². The summed E-state index contributed by atoms with van der Waals surface area (Å²) in [5.74, 6) is 0.362. The summed E-state index contributed by atoms with van der Waals surface area (Å²) in [4.78, 5) is 4.39. The molecule has 0 bridgehead atoms. The molecule has 0 fully saturated rings. The van der Waals surface area contributed by atoms with E-state index in [0.717, 1.165) is 21.8 Å². The lowest BCUT2D eigenvalue weighted by molar-refractivity contribution is 0.0100. The molecule has 0 N–H and O–H groups in total. The monoisotopic (exact) mass is 303 g/mol. The molecule has 0 amide bonds. The summed E-state index contributed by atoms with van der Waals surface area (Å²) < 4.78 is 29.1. The molecule has 0 saturated heterocycles. The highest BCUT2D eigenvalue weighted by molar-refractivity contribution is 7.13. The Morgan fingerprint density at radius 3 is 2.79 bits per heavy atom. The van der Waals surface area contributed by atoms with E-state index in [-0.39, 0.29) is 6.61 Å². The van der Waals surface area contributed by atoms with E-state index in [2.05, 4.69) is 4.98 Å². The highest BCUT2D eigenvalue weighted by Gasteiger charge is 2.10. The first-order valence-electron chi connectivity index (χ1n) is 5.65. The second-order valence-corrected chi connectivity index (χ2v) is 4.97. The van der Waals surface area contributed by atoms with Gasteiger partial charge in [-0.05, 0) is 5.56 Å². The molecule has 19 heavy (non-hydrogen) atoms. The predicted octanol–water partition coefficient (Wildman–Crippen LogP) is 4.33. The predicted molar refractivity (Wildman–Crippen MR) is 72.8 cm³/mol. The van der Waals surface area contributed by atoms with Crippen LogP contribution in [0.5, 0.6) is 0 Å². The number of alkyl halides is 3. The minimum atomic E-state index is -2.45. The maximum atomic E-state index is 12.1. The van der Waals surface area contributed by atoms with Gasteiger partial charge in [0.05, 0.1) is 18.2 Å². The van der Waals surface area contributed by atoms with Crippen molar-refractivity contribution in [2.45, 2.75) is 18.9 Å². The number of benzene rings is 1. The zero-order chi connectivity index (χ0) is 13.7. The Morgan fingerprint density at radius 2 is 2.11 bits per heavy atom. The van der Waals surface area contributed by atoms with Crippen molar-refractivity contribution in [1.82, 2.24) is 4.98 Å². The Labute approximate surface area is 119 Å². The molecule has 0 aliphatic heterocycles. The third-order valence-corrected chi connectivity index (χ3v) is 3.64. The first-order valence-corrected chi connectivity index (χ1v) is 7.06. The molecule has 2 rings (SSSR count). The second-order valence-electron chi connectivity index (χ2n) is 3.84. The van der Waals surface area contributed by atoms with E-state index in [9.17, 15) is 8.78 Å². The Balaban J connectivity index is 2.15. The number of nitrogens with zero attached hydrogens (tertiary/aromatic N) is 1. The summed E-state index contributed by atoms with van der Waals surface area (Å²) in [5, 5.41) is 2.71. The van der Waals surface area contributed by atoms with Gasteiger partial charge < -0.3 is 4.74 Å². The van der Waals surface area contributed by atoms with Crippen molar-refractivity contribution < 1.29 is 13.5 Å². The lowest BCUT2D eigenvalue weighted by atomic mass is 10.1. The van der Waals surface area contributed by atoms with Gasteiger partial charge >= 0.3 is 0 Å². The van der Waals surface area contributed by atoms with Crippen LogP contribution in [-0.2, 0) is 17.2 Å². The molecule has 0 atom stereocenters. The summed E-state index contributed by atoms with van der Waals surface area (Å²) in [7, 11) is 0. The standard InChI is InChI=1S/C13H12ClF2NOS/c14-5-10-8-19-13(17-10)11-4-2-1-3-9(11)6-18-7-12(15)16/h1-4,8,12H,5-7H2. The summed E-state index contributed by atoms with van der Waals surface area (Å²) in [6.07, 6.45) is -2.45. The van der Waals surface area contributed by atoms with Gasteiger partial charge in [0.2, 0.25) is 0 Å². The lowest BCUT2D eigenvalue weighted by Crippen LogP contribution is -2.04. The maximum absolute atomic E-state index is 12.1. The van der Waals surface area contributed by atoms with Crippen LogP contribution in [0.2, 0.25) is 0 Å². The highest BCUT2D eigenvalue weighted by Crippen LogP contribution is 2.28. The number of hydrogen-bond donors (Lipinski definition) is 0. The summed E-state index contributed by atoms with van der Waals surface area (Å²) in [5.41, 5.74) is 2.56. The molecule has 0 radical (unpaired) electrons. The van der Waals surface area contributed by atoms with Crippen molar-refractivity contribution in [2.75, 3.05) is 6.61 Å². The van der Waals surface area contributed by atoms with Crippen molar-refractivity contribution in [3.8, 4) is 10.6 Å². The number of halogens is 3. The molecule has 0 spiro atoms. The normalized spacial score (nSPS) is 11.2. The van der Waals surface area contributed by atoms with Gasteiger partial charge in [-0.1, -0.05) is 24.3 Å². The lowest BCUT2D eigenvalue weighted by Gasteiger charge is -2.08.